The van der Waals surface area contributed by atoms with Crippen LogP contribution in [0, 0.1) is 0 Å². The first kappa shape index (κ1) is 11.0. The third kappa shape index (κ3) is 2.54. The van der Waals surface area contributed by atoms with Gasteiger partial charge in [-0.1, -0.05) is 4.49 Å². The van der Waals surface area contributed by atoms with E-state index in [0.29, 0.717) is 13.0 Å². The summed E-state index contributed by atoms with van der Waals surface area (Å²) in [6.45, 7) is 0.684. The van der Waals surface area contributed by atoms with Crippen molar-refractivity contribution in [2.75, 3.05) is 6.54 Å². The van der Waals surface area contributed by atoms with Crippen LogP contribution in [0.15, 0.2) is 5.38 Å². The number of carbonyl (C=O) groups excluding carboxylic acids is 2. The quantitative estimate of drug-likeness (QED) is 0.758. The van der Waals surface area contributed by atoms with E-state index >= 15 is 0 Å². The van der Waals surface area contributed by atoms with Gasteiger partial charge in [-0.15, -0.1) is 5.10 Å². The lowest BCUT2D eigenvalue weighted by molar-refractivity contribution is -0.122. The maximum absolute atomic E-state index is 11.6. The number of rotatable bonds is 2. The Balaban J connectivity index is 1.97. The molecule has 86 valence electrons. The van der Waals surface area contributed by atoms with Crippen LogP contribution in [0.2, 0.25) is 0 Å². The van der Waals surface area contributed by atoms with Crippen LogP contribution in [0.4, 0.5) is 0 Å². The maximum atomic E-state index is 11.6. The van der Waals surface area contributed by atoms with Gasteiger partial charge < -0.3 is 10.6 Å². The van der Waals surface area contributed by atoms with Gasteiger partial charge in [0.2, 0.25) is 5.91 Å². The van der Waals surface area contributed by atoms with E-state index in [4.69, 9.17) is 0 Å². The third-order valence-corrected chi connectivity index (χ3v) is 2.94. The molecule has 2 amide bonds. The zero-order chi connectivity index (χ0) is 11.4. The second kappa shape index (κ2) is 5.02. The molecule has 7 heteroatoms. The molecule has 1 aromatic rings. The minimum Gasteiger partial charge on any atom is -0.354 e. The Morgan fingerprint density at radius 1 is 1.56 bits per heavy atom. The van der Waals surface area contributed by atoms with Gasteiger partial charge in [0.05, 0.1) is 0 Å². The smallest absolute Gasteiger partial charge is 0.273 e. The molecule has 0 radical (unpaired) electrons. The number of aromatic nitrogens is 2. The average molecular weight is 240 g/mol. The van der Waals surface area contributed by atoms with Crippen LogP contribution in [0.3, 0.4) is 0 Å². The molecule has 1 aromatic heterocycles. The Morgan fingerprint density at radius 2 is 2.44 bits per heavy atom. The van der Waals surface area contributed by atoms with Crippen molar-refractivity contribution in [3.05, 3.63) is 11.1 Å². The fraction of sp³-hybridized carbons (Fsp3) is 0.556. The topological polar surface area (TPSA) is 84.0 Å². The summed E-state index contributed by atoms with van der Waals surface area (Å²) in [7, 11) is 0. The van der Waals surface area contributed by atoms with E-state index in [1.54, 1.807) is 5.38 Å². The number of nitrogens with zero attached hydrogens (tertiary/aromatic N) is 2. The molecule has 16 heavy (non-hydrogen) atoms. The zero-order valence-corrected chi connectivity index (χ0v) is 9.42. The molecule has 0 aromatic carbocycles. The monoisotopic (exact) mass is 240 g/mol. The van der Waals surface area contributed by atoms with E-state index in [1.807, 2.05) is 0 Å². The summed E-state index contributed by atoms with van der Waals surface area (Å²) >= 11 is 1.11. The van der Waals surface area contributed by atoms with Gasteiger partial charge in [0, 0.05) is 11.9 Å². The van der Waals surface area contributed by atoms with Crippen LogP contribution in [-0.2, 0) is 4.79 Å². The van der Waals surface area contributed by atoms with Crippen molar-refractivity contribution in [3.8, 4) is 0 Å². The van der Waals surface area contributed by atoms with Gasteiger partial charge >= 0.3 is 0 Å². The molecule has 2 heterocycles. The molecule has 6 nitrogen and oxygen atoms in total. The lowest BCUT2D eigenvalue weighted by Gasteiger charge is -2.13. The summed E-state index contributed by atoms with van der Waals surface area (Å²) in [5.74, 6) is -0.454. The Bertz CT molecular complexity index is 379. The summed E-state index contributed by atoms with van der Waals surface area (Å²) in [4.78, 5) is 23.2. The van der Waals surface area contributed by atoms with Crippen molar-refractivity contribution in [2.45, 2.75) is 25.3 Å². The van der Waals surface area contributed by atoms with Gasteiger partial charge in [-0.2, -0.15) is 0 Å². The van der Waals surface area contributed by atoms with E-state index < -0.39 is 6.04 Å². The summed E-state index contributed by atoms with van der Waals surface area (Å²) in [5.41, 5.74) is 0.266. The minimum atomic E-state index is -0.448. The van der Waals surface area contributed by atoms with E-state index in [2.05, 4.69) is 20.2 Å². The average Bonchev–Trinajstić information content (AvgIpc) is 2.73. The van der Waals surface area contributed by atoms with Gasteiger partial charge in [0.25, 0.3) is 5.91 Å². The van der Waals surface area contributed by atoms with E-state index in [0.717, 1.165) is 24.4 Å². The summed E-state index contributed by atoms with van der Waals surface area (Å²) in [5, 5.41) is 10.6. The van der Waals surface area contributed by atoms with Gasteiger partial charge in [-0.05, 0) is 30.8 Å². The summed E-state index contributed by atoms with van der Waals surface area (Å²) < 4.78 is 3.60. The van der Waals surface area contributed by atoms with Gasteiger partial charge in [0.15, 0.2) is 5.69 Å². The van der Waals surface area contributed by atoms with Crippen molar-refractivity contribution in [1.29, 1.82) is 0 Å². The Morgan fingerprint density at radius 3 is 3.19 bits per heavy atom. The molecule has 2 rings (SSSR count). The molecule has 1 atom stereocenters. The van der Waals surface area contributed by atoms with E-state index in [-0.39, 0.29) is 17.5 Å². The van der Waals surface area contributed by atoms with Crippen LogP contribution in [0.1, 0.15) is 29.8 Å². The highest BCUT2D eigenvalue weighted by Gasteiger charge is 2.23. The second-order valence-corrected chi connectivity index (χ2v) is 4.21. The molecule has 1 fully saturated rings. The zero-order valence-electron chi connectivity index (χ0n) is 8.60. The Hall–Kier alpha value is -1.50. The first-order valence-electron chi connectivity index (χ1n) is 5.13. The highest BCUT2D eigenvalue weighted by Crippen LogP contribution is 2.06. The standard InChI is InChI=1S/C9H12N4O2S/c14-8-6(3-1-2-4-10-8)11-9(15)7-5-16-13-12-7/h5-6H,1-4H2,(H,10,14)(H,11,15). The minimum absolute atomic E-state index is 0.117. The molecule has 0 bridgehead atoms. The summed E-state index contributed by atoms with van der Waals surface area (Å²) in [6, 6.07) is -0.448. The number of carbonyl (C=O) groups is 2. The second-order valence-electron chi connectivity index (χ2n) is 3.60. The molecule has 1 aliphatic heterocycles. The van der Waals surface area contributed by atoms with Crippen LogP contribution in [0.5, 0.6) is 0 Å². The first-order valence-corrected chi connectivity index (χ1v) is 5.96. The molecule has 1 unspecified atom stereocenters. The molecular formula is C9H12N4O2S. The van der Waals surface area contributed by atoms with E-state index in [9.17, 15) is 9.59 Å². The van der Waals surface area contributed by atoms with Crippen molar-refractivity contribution in [1.82, 2.24) is 20.2 Å². The van der Waals surface area contributed by atoms with Crippen LogP contribution in [-0.4, -0.2) is 34.0 Å². The first-order chi connectivity index (χ1) is 7.77. The fourth-order valence-corrected chi connectivity index (χ4v) is 2.01. The highest BCUT2D eigenvalue weighted by atomic mass is 32.1. The van der Waals surface area contributed by atoms with Gasteiger partial charge in [-0.25, -0.2) is 0 Å². The normalized spacial score (nSPS) is 21.0. The van der Waals surface area contributed by atoms with Crippen LogP contribution >= 0.6 is 11.5 Å². The summed E-state index contributed by atoms with van der Waals surface area (Å²) in [6.07, 6.45) is 2.56. The molecule has 0 saturated carbocycles. The lowest BCUT2D eigenvalue weighted by atomic mass is 10.1. The fourth-order valence-electron chi connectivity index (χ4n) is 1.57. The molecule has 2 N–H and O–H groups in total. The predicted molar refractivity (Wildman–Crippen MR) is 58.0 cm³/mol. The maximum Gasteiger partial charge on any atom is 0.273 e. The van der Waals surface area contributed by atoms with Crippen molar-refractivity contribution < 1.29 is 9.59 Å². The molecular weight excluding hydrogens is 228 g/mol. The number of hydrogen-bond donors (Lipinski definition) is 2. The number of hydrogen-bond acceptors (Lipinski definition) is 5. The lowest BCUT2D eigenvalue weighted by Crippen LogP contribution is -2.45. The largest absolute Gasteiger partial charge is 0.354 e. The Labute approximate surface area is 96.6 Å². The molecule has 1 aliphatic rings. The van der Waals surface area contributed by atoms with Crippen molar-refractivity contribution in [2.24, 2.45) is 0 Å². The highest BCUT2D eigenvalue weighted by molar-refractivity contribution is 7.03. The van der Waals surface area contributed by atoms with Crippen LogP contribution < -0.4 is 10.6 Å². The molecule has 0 spiro atoms. The van der Waals surface area contributed by atoms with Crippen molar-refractivity contribution >= 4 is 23.3 Å². The molecule has 1 saturated heterocycles. The number of nitrogens with one attached hydrogen (secondary N) is 2. The van der Waals surface area contributed by atoms with Crippen LogP contribution in [0.25, 0.3) is 0 Å². The van der Waals surface area contributed by atoms with Gasteiger partial charge in [0.1, 0.15) is 6.04 Å². The SMILES string of the molecule is O=C(NC1CCCCNC1=O)c1csnn1. The molecule has 0 aliphatic carbocycles. The number of amides is 2. The third-order valence-electron chi connectivity index (χ3n) is 2.43. The Kier molecular flexibility index (Phi) is 3.45. The van der Waals surface area contributed by atoms with E-state index in [1.165, 1.54) is 0 Å². The predicted octanol–water partition coefficient (Wildman–Crippen LogP) is -0.0634. The van der Waals surface area contributed by atoms with Crippen molar-refractivity contribution in [3.63, 3.8) is 0 Å². The van der Waals surface area contributed by atoms with Gasteiger partial charge in [-0.3, -0.25) is 9.59 Å².